The smallest absolute Gasteiger partial charge is 0.264 e. The molecule has 0 aromatic carbocycles. The fourth-order valence-electron chi connectivity index (χ4n) is 2.96. The highest BCUT2D eigenvalue weighted by Gasteiger charge is 2.33. The maximum absolute atomic E-state index is 12.8. The van der Waals surface area contributed by atoms with Gasteiger partial charge in [0.2, 0.25) is 11.7 Å². The quantitative estimate of drug-likeness (QED) is 0.729. The zero-order chi connectivity index (χ0) is 16.4. The summed E-state index contributed by atoms with van der Waals surface area (Å²) < 4.78 is 5.48. The fraction of sp³-hybridized carbons (Fsp3) is 0.294. The Morgan fingerprint density at radius 1 is 1.29 bits per heavy atom. The van der Waals surface area contributed by atoms with Gasteiger partial charge in [0.15, 0.2) is 0 Å². The van der Waals surface area contributed by atoms with E-state index in [0.717, 1.165) is 29.7 Å². The predicted octanol–water partition coefficient (Wildman–Crippen LogP) is 3.56. The lowest BCUT2D eigenvalue weighted by molar-refractivity contribution is 0.0566. The highest BCUT2D eigenvalue weighted by Crippen LogP contribution is 2.32. The zero-order valence-corrected chi connectivity index (χ0v) is 13.8. The summed E-state index contributed by atoms with van der Waals surface area (Å²) in [5, 5.41) is 5.97. The number of aromatic nitrogens is 3. The molecule has 0 spiro atoms. The molecule has 1 saturated heterocycles. The summed E-state index contributed by atoms with van der Waals surface area (Å²) in [6.07, 6.45) is 6.28. The SMILES string of the molecule is O=C(c1cccs1)N1CCCCC1c1nc(-c2cccnc2)no1. The molecule has 0 saturated carbocycles. The largest absolute Gasteiger partial charge is 0.337 e. The minimum atomic E-state index is -0.161. The lowest BCUT2D eigenvalue weighted by Gasteiger charge is -2.33. The van der Waals surface area contributed by atoms with E-state index in [9.17, 15) is 4.79 Å². The van der Waals surface area contributed by atoms with E-state index in [0.29, 0.717) is 18.3 Å². The Morgan fingerprint density at radius 3 is 3.04 bits per heavy atom. The molecule has 1 fully saturated rings. The number of likely N-dealkylation sites (tertiary alicyclic amines) is 1. The molecule has 0 aliphatic carbocycles. The first kappa shape index (κ1) is 15.0. The molecule has 3 aromatic rings. The molecule has 4 heterocycles. The molecule has 1 unspecified atom stereocenters. The first-order chi connectivity index (χ1) is 11.8. The predicted molar refractivity (Wildman–Crippen MR) is 89.5 cm³/mol. The van der Waals surface area contributed by atoms with Gasteiger partial charge in [-0.1, -0.05) is 11.2 Å². The second-order valence-corrected chi connectivity index (χ2v) is 6.63. The Morgan fingerprint density at radius 2 is 2.25 bits per heavy atom. The Balaban J connectivity index is 1.62. The van der Waals surface area contributed by atoms with Gasteiger partial charge in [-0.3, -0.25) is 9.78 Å². The molecular weight excluding hydrogens is 324 g/mol. The number of nitrogens with zero attached hydrogens (tertiary/aromatic N) is 4. The van der Waals surface area contributed by atoms with Gasteiger partial charge in [0, 0.05) is 24.5 Å². The molecule has 7 heteroatoms. The van der Waals surface area contributed by atoms with Crippen molar-refractivity contribution in [2.75, 3.05) is 6.54 Å². The first-order valence-corrected chi connectivity index (χ1v) is 8.79. The van der Waals surface area contributed by atoms with Crippen LogP contribution in [0.1, 0.15) is 40.9 Å². The fourth-order valence-corrected chi connectivity index (χ4v) is 3.63. The van der Waals surface area contributed by atoms with Crippen LogP contribution in [-0.4, -0.2) is 32.5 Å². The summed E-state index contributed by atoms with van der Waals surface area (Å²) in [5.41, 5.74) is 0.805. The van der Waals surface area contributed by atoms with Gasteiger partial charge >= 0.3 is 0 Å². The van der Waals surface area contributed by atoms with Gasteiger partial charge in [-0.05, 0) is 42.8 Å². The lowest BCUT2D eigenvalue weighted by atomic mass is 10.0. The monoisotopic (exact) mass is 340 g/mol. The molecule has 1 aliphatic heterocycles. The minimum absolute atomic E-state index is 0.0378. The van der Waals surface area contributed by atoms with E-state index in [1.807, 2.05) is 34.5 Å². The van der Waals surface area contributed by atoms with Crippen molar-refractivity contribution < 1.29 is 9.32 Å². The average molecular weight is 340 g/mol. The zero-order valence-electron chi connectivity index (χ0n) is 13.0. The van der Waals surface area contributed by atoms with Crippen LogP contribution in [-0.2, 0) is 0 Å². The van der Waals surface area contributed by atoms with Crippen LogP contribution in [0.25, 0.3) is 11.4 Å². The third-order valence-electron chi connectivity index (χ3n) is 4.14. The molecule has 4 rings (SSSR count). The van der Waals surface area contributed by atoms with Crippen molar-refractivity contribution in [1.29, 1.82) is 0 Å². The minimum Gasteiger partial charge on any atom is -0.337 e. The normalized spacial score (nSPS) is 17.8. The Bertz CT molecular complexity index is 816. The third-order valence-corrected chi connectivity index (χ3v) is 5.00. The molecule has 0 N–H and O–H groups in total. The van der Waals surface area contributed by atoms with E-state index in [-0.39, 0.29) is 11.9 Å². The number of carbonyl (C=O) groups excluding carboxylic acids is 1. The number of hydrogen-bond donors (Lipinski definition) is 0. The van der Waals surface area contributed by atoms with Gasteiger partial charge in [-0.15, -0.1) is 11.3 Å². The van der Waals surface area contributed by atoms with Crippen LogP contribution in [0.5, 0.6) is 0 Å². The van der Waals surface area contributed by atoms with Crippen molar-refractivity contribution in [2.45, 2.75) is 25.3 Å². The lowest BCUT2D eigenvalue weighted by Crippen LogP contribution is -2.38. The van der Waals surface area contributed by atoms with Crippen LogP contribution < -0.4 is 0 Å². The maximum Gasteiger partial charge on any atom is 0.264 e. The molecule has 1 aliphatic rings. The second kappa shape index (κ2) is 6.52. The molecule has 1 amide bonds. The van der Waals surface area contributed by atoms with Crippen LogP contribution in [0.3, 0.4) is 0 Å². The van der Waals surface area contributed by atoms with Crippen molar-refractivity contribution in [3.8, 4) is 11.4 Å². The maximum atomic E-state index is 12.8. The number of piperidine rings is 1. The Hall–Kier alpha value is -2.54. The molecule has 6 nitrogen and oxygen atoms in total. The van der Waals surface area contributed by atoms with Crippen molar-refractivity contribution in [1.82, 2.24) is 20.0 Å². The van der Waals surface area contributed by atoms with Gasteiger partial charge < -0.3 is 9.42 Å². The first-order valence-electron chi connectivity index (χ1n) is 7.91. The van der Waals surface area contributed by atoms with Gasteiger partial charge in [0.1, 0.15) is 6.04 Å². The molecule has 122 valence electrons. The topological polar surface area (TPSA) is 72.1 Å². The Kier molecular flexibility index (Phi) is 4.08. The van der Waals surface area contributed by atoms with Crippen LogP contribution in [0.4, 0.5) is 0 Å². The molecule has 1 atom stereocenters. The summed E-state index contributed by atoms with van der Waals surface area (Å²) >= 11 is 1.46. The summed E-state index contributed by atoms with van der Waals surface area (Å²) in [5.74, 6) is 1.04. The van der Waals surface area contributed by atoms with Crippen LogP contribution in [0.2, 0.25) is 0 Å². The molecule has 0 radical (unpaired) electrons. The van der Waals surface area contributed by atoms with E-state index in [1.165, 1.54) is 11.3 Å². The summed E-state index contributed by atoms with van der Waals surface area (Å²) in [6.45, 7) is 0.714. The van der Waals surface area contributed by atoms with Gasteiger partial charge in [-0.25, -0.2) is 0 Å². The second-order valence-electron chi connectivity index (χ2n) is 5.69. The summed E-state index contributed by atoms with van der Waals surface area (Å²) in [7, 11) is 0. The highest BCUT2D eigenvalue weighted by atomic mass is 32.1. The van der Waals surface area contributed by atoms with Gasteiger partial charge in [0.25, 0.3) is 5.91 Å². The highest BCUT2D eigenvalue weighted by molar-refractivity contribution is 7.12. The summed E-state index contributed by atoms with van der Waals surface area (Å²) in [6, 6.07) is 7.30. The molecular formula is C17H16N4O2S. The van der Waals surface area contributed by atoms with E-state index < -0.39 is 0 Å². The number of carbonyl (C=O) groups is 1. The molecule has 24 heavy (non-hydrogen) atoms. The summed E-state index contributed by atoms with van der Waals surface area (Å²) in [4.78, 5) is 23.9. The molecule has 3 aromatic heterocycles. The van der Waals surface area contributed by atoms with Gasteiger partial charge in [0.05, 0.1) is 4.88 Å². The van der Waals surface area contributed by atoms with Gasteiger partial charge in [-0.2, -0.15) is 4.98 Å². The van der Waals surface area contributed by atoms with E-state index in [1.54, 1.807) is 12.4 Å². The number of hydrogen-bond acceptors (Lipinski definition) is 6. The number of thiophene rings is 1. The standard InChI is InChI=1S/C17H16N4O2S/c22-17(14-7-4-10-24-14)21-9-2-1-6-13(21)16-19-15(20-23-16)12-5-3-8-18-11-12/h3-5,7-8,10-11,13H,1-2,6,9H2. The van der Waals surface area contributed by atoms with Crippen LogP contribution >= 0.6 is 11.3 Å². The average Bonchev–Trinajstić information content (AvgIpc) is 3.34. The number of pyridine rings is 1. The van der Waals surface area contributed by atoms with Crippen molar-refractivity contribution in [3.05, 3.63) is 52.8 Å². The number of amides is 1. The van der Waals surface area contributed by atoms with E-state index in [4.69, 9.17) is 4.52 Å². The van der Waals surface area contributed by atoms with Crippen molar-refractivity contribution >= 4 is 17.2 Å². The Labute approximate surface area is 143 Å². The van der Waals surface area contributed by atoms with Crippen LogP contribution in [0, 0.1) is 0 Å². The van der Waals surface area contributed by atoms with Crippen molar-refractivity contribution in [2.24, 2.45) is 0 Å². The third kappa shape index (κ3) is 2.82. The van der Waals surface area contributed by atoms with E-state index >= 15 is 0 Å². The van der Waals surface area contributed by atoms with E-state index in [2.05, 4.69) is 15.1 Å². The van der Waals surface area contributed by atoms with Crippen LogP contribution in [0.15, 0.2) is 46.6 Å². The van der Waals surface area contributed by atoms with Crippen molar-refractivity contribution in [3.63, 3.8) is 0 Å². The molecule has 0 bridgehead atoms. The number of rotatable bonds is 3.